The average molecular weight is 262 g/mol. The summed E-state index contributed by atoms with van der Waals surface area (Å²) in [6.07, 6.45) is 0.706. The molecule has 1 aromatic carbocycles. The highest BCUT2D eigenvalue weighted by atomic mass is 16.6. The SMILES string of the molecule is CC(C)(C)OC(=O)N1CC[C@H](c2ccccc2N)C1. The summed E-state index contributed by atoms with van der Waals surface area (Å²) in [6.45, 7) is 7.06. The first-order valence-electron chi connectivity index (χ1n) is 6.69. The molecule has 0 unspecified atom stereocenters. The van der Waals surface area contributed by atoms with Crippen LogP contribution in [0.4, 0.5) is 10.5 Å². The molecule has 1 saturated heterocycles. The molecular weight excluding hydrogens is 240 g/mol. The molecule has 4 heteroatoms. The lowest BCUT2D eigenvalue weighted by Gasteiger charge is -2.24. The zero-order valence-corrected chi connectivity index (χ0v) is 11.8. The fourth-order valence-corrected chi connectivity index (χ4v) is 2.39. The quantitative estimate of drug-likeness (QED) is 0.791. The van der Waals surface area contributed by atoms with E-state index in [9.17, 15) is 4.79 Å². The van der Waals surface area contributed by atoms with E-state index < -0.39 is 5.60 Å². The van der Waals surface area contributed by atoms with Gasteiger partial charge in [-0.25, -0.2) is 4.79 Å². The topological polar surface area (TPSA) is 55.6 Å². The average Bonchev–Trinajstić information content (AvgIpc) is 2.76. The molecule has 1 aromatic rings. The second kappa shape index (κ2) is 5.11. The predicted octanol–water partition coefficient (Wildman–Crippen LogP) is 2.99. The maximum absolute atomic E-state index is 12.0. The highest BCUT2D eigenvalue weighted by Gasteiger charge is 2.31. The van der Waals surface area contributed by atoms with Gasteiger partial charge in [-0.05, 0) is 38.8 Å². The summed E-state index contributed by atoms with van der Waals surface area (Å²) < 4.78 is 5.39. The van der Waals surface area contributed by atoms with Crippen LogP contribution in [0.5, 0.6) is 0 Å². The Labute approximate surface area is 114 Å². The number of carbonyl (C=O) groups excluding carboxylic acids is 1. The molecule has 0 aromatic heterocycles. The molecule has 2 N–H and O–H groups in total. The Morgan fingerprint density at radius 1 is 1.37 bits per heavy atom. The van der Waals surface area contributed by atoms with Crippen LogP contribution < -0.4 is 5.73 Å². The zero-order valence-electron chi connectivity index (χ0n) is 11.8. The van der Waals surface area contributed by atoms with E-state index in [4.69, 9.17) is 10.5 Å². The summed E-state index contributed by atoms with van der Waals surface area (Å²) >= 11 is 0. The van der Waals surface area contributed by atoms with Gasteiger partial charge in [-0.3, -0.25) is 0 Å². The minimum Gasteiger partial charge on any atom is -0.444 e. The summed E-state index contributed by atoms with van der Waals surface area (Å²) in [5.41, 5.74) is 7.48. The molecular formula is C15H22N2O2. The molecule has 104 valence electrons. The molecule has 2 rings (SSSR count). The van der Waals surface area contributed by atoms with E-state index in [1.807, 2.05) is 45.0 Å². The Bertz CT molecular complexity index is 465. The van der Waals surface area contributed by atoms with Gasteiger partial charge < -0.3 is 15.4 Å². The van der Waals surface area contributed by atoms with Gasteiger partial charge in [0.05, 0.1) is 0 Å². The van der Waals surface area contributed by atoms with Gasteiger partial charge >= 0.3 is 6.09 Å². The van der Waals surface area contributed by atoms with E-state index in [2.05, 4.69) is 0 Å². The Morgan fingerprint density at radius 2 is 2.05 bits per heavy atom. The molecule has 1 amide bonds. The van der Waals surface area contributed by atoms with Crippen molar-refractivity contribution in [1.29, 1.82) is 0 Å². The van der Waals surface area contributed by atoms with E-state index in [1.54, 1.807) is 4.90 Å². The molecule has 0 radical (unpaired) electrons. The minimum absolute atomic E-state index is 0.232. The minimum atomic E-state index is -0.444. The summed E-state index contributed by atoms with van der Waals surface area (Å²) in [7, 11) is 0. The number of carbonyl (C=O) groups is 1. The van der Waals surface area contributed by atoms with Crippen LogP contribution in [-0.2, 0) is 4.74 Å². The van der Waals surface area contributed by atoms with Gasteiger partial charge in [0.15, 0.2) is 0 Å². The number of nitrogen functional groups attached to an aromatic ring is 1. The summed E-state index contributed by atoms with van der Waals surface area (Å²) in [4.78, 5) is 13.8. The molecule has 0 bridgehead atoms. The van der Waals surface area contributed by atoms with Crippen molar-refractivity contribution in [2.75, 3.05) is 18.8 Å². The van der Waals surface area contributed by atoms with E-state index in [1.165, 1.54) is 0 Å². The fraction of sp³-hybridized carbons (Fsp3) is 0.533. The third-order valence-corrected chi connectivity index (χ3v) is 3.28. The van der Waals surface area contributed by atoms with Gasteiger partial charge in [-0.2, -0.15) is 0 Å². The second-order valence-corrected chi connectivity index (χ2v) is 6.04. The third-order valence-electron chi connectivity index (χ3n) is 3.28. The molecule has 4 nitrogen and oxygen atoms in total. The summed E-state index contributed by atoms with van der Waals surface area (Å²) in [6, 6.07) is 7.87. The summed E-state index contributed by atoms with van der Waals surface area (Å²) in [5, 5.41) is 0. The number of anilines is 1. The number of benzene rings is 1. The largest absolute Gasteiger partial charge is 0.444 e. The van der Waals surface area contributed by atoms with Crippen molar-refractivity contribution in [2.45, 2.75) is 38.7 Å². The number of hydrogen-bond acceptors (Lipinski definition) is 3. The molecule has 1 aliphatic heterocycles. The normalized spacial score (nSPS) is 19.5. The molecule has 0 saturated carbocycles. The van der Waals surface area contributed by atoms with Crippen LogP contribution >= 0.6 is 0 Å². The Kier molecular flexibility index (Phi) is 3.69. The van der Waals surface area contributed by atoms with Crippen molar-refractivity contribution in [3.05, 3.63) is 29.8 Å². The number of likely N-dealkylation sites (tertiary alicyclic amines) is 1. The smallest absolute Gasteiger partial charge is 0.410 e. The molecule has 1 atom stereocenters. The lowest BCUT2D eigenvalue weighted by atomic mass is 9.97. The van der Waals surface area contributed by atoms with Crippen LogP contribution in [0.3, 0.4) is 0 Å². The maximum Gasteiger partial charge on any atom is 0.410 e. The van der Waals surface area contributed by atoms with Crippen LogP contribution in [0.2, 0.25) is 0 Å². The Balaban J connectivity index is 2.01. The Morgan fingerprint density at radius 3 is 2.68 bits per heavy atom. The predicted molar refractivity (Wildman–Crippen MR) is 76.0 cm³/mol. The van der Waals surface area contributed by atoms with Crippen molar-refractivity contribution in [3.8, 4) is 0 Å². The molecule has 1 heterocycles. The number of para-hydroxylation sites is 1. The van der Waals surface area contributed by atoms with E-state index in [-0.39, 0.29) is 6.09 Å². The monoisotopic (exact) mass is 262 g/mol. The summed E-state index contributed by atoms with van der Waals surface area (Å²) in [5.74, 6) is 0.314. The fourth-order valence-electron chi connectivity index (χ4n) is 2.39. The van der Waals surface area contributed by atoms with Gasteiger partial charge in [-0.15, -0.1) is 0 Å². The zero-order chi connectivity index (χ0) is 14.0. The highest BCUT2D eigenvalue weighted by Crippen LogP contribution is 2.31. The van der Waals surface area contributed by atoms with Crippen LogP contribution in [0, 0.1) is 0 Å². The molecule has 1 aliphatic rings. The van der Waals surface area contributed by atoms with Gasteiger partial charge in [-0.1, -0.05) is 18.2 Å². The van der Waals surface area contributed by atoms with E-state index in [0.29, 0.717) is 12.5 Å². The molecule has 1 fully saturated rings. The molecule has 0 aliphatic carbocycles. The van der Waals surface area contributed by atoms with Crippen LogP contribution in [-0.4, -0.2) is 29.7 Å². The number of nitrogens with two attached hydrogens (primary N) is 1. The van der Waals surface area contributed by atoms with Crippen LogP contribution in [0.25, 0.3) is 0 Å². The third kappa shape index (κ3) is 3.40. The van der Waals surface area contributed by atoms with Gasteiger partial charge in [0.1, 0.15) is 5.60 Å². The number of ether oxygens (including phenoxy) is 1. The first kappa shape index (κ1) is 13.7. The number of nitrogens with zero attached hydrogens (tertiary/aromatic N) is 1. The second-order valence-electron chi connectivity index (χ2n) is 6.04. The maximum atomic E-state index is 12.0. The van der Waals surface area contributed by atoms with Crippen molar-refractivity contribution < 1.29 is 9.53 Å². The van der Waals surface area contributed by atoms with E-state index >= 15 is 0 Å². The lowest BCUT2D eigenvalue weighted by Crippen LogP contribution is -2.35. The first-order chi connectivity index (χ1) is 8.87. The van der Waals surface area contributed by atoms with Gasteiger partial charge in [0, 0.05) is 24.7 Å². The molecule has 0 spiro atoms. The van der Waals surface area contributed by atoms with Gasteiger partial charge in [0.25, 0.3) is 0 Å². The highest BCUT2D eigenvalue weighted by molar-refractivity contribution is 5.69. The number of amides is 1. The number of rotatable bonds is 1. The standard InChI is InChI=1S/C15H22N2O2/c1-15(2,3)19-14(18)17-9-8-11(10-17)12-6-4-5-7-13(12)16/h4-7,11H,8-10,16H2,1-3H3/t11-/m0/s1. The number of hydrogen-bond donors (Lipinski definition) is 1. The van der Waals surface area contributed by atoms with E-state index in [0.717, 1.165) is 24.2 Å². The lowest BCUT2D eigenvalue weighted by molar-refractivity contribution is 0.0292. The van der Waals surface area contributed by atoms with Crippen molar-refractivity contribution in [1.82, 2.24) is 4.90 Å². The van der Waals surface area contributed by atoms with Crippen LogP contribution in [0.15, 0.2) is 24.3 Å². The first-order valence-corrected chi connectivity index (χ1v) is 6.69. The molecule has 19 heavy (non-hydrogen) atoms. The van der Waals surface area contributed by atoms with Crippen molar-refractivity contribution >= 4 is 11.8 Å². The Hall–Kier alpha value is -1.71. The van der Waals surface area contributed by atoms with Crippen LogP contribution in [0.1, 0.15) is 38.7 Å². The van der Waals surface area contributed by atoms with Crippen molar-refractivity contribution in [3.63, 3.8) is 0 Å². The van der Waals surface area contributed by atoms with Gasteiger partial charge in [0.2, 0.25) is 0 Å². The van der Waals surface area contributed by atoms with Crippen molar-refractivity contribution in [2.24, 2.45) is 0 Å².